The first-order chi connectivity index (χ1) is 40.2. The second kappa shape index (κ2) is 63.9. The van der Waals surface area contributed by atoms with Gasteiger partial charge >= 0.3 is 25.7 Å². The van der Waals surface area contributed by atoms with Gasteiger partial charge in [-0.3, -0.25) is 23.4 Å². The Hall–Kier alpha value is -3.08. The van der Waals surface area contributed by atoms with Crippen molar-refractivity contribution >= 4 is 25.7 Å². The molecule has 0 fully saturated rings. The Labute approximate surface area is 503 Å². The molecule has 82 heavy (non-hydrogen) atoms. The summed E-state index contributed by atoms with van der Waals surface area (Å²) in [5.41, 5.74) is 0. The van der Waals surface area contributed by atoms with Gasteiger partial charge in [0.1, 0.15) is 12.7 Å². The lowest BCUT2D eigenvalue weighted by molar-refractivity contribution is -0.161. The molecule has 3 atom stereocenters. The normalized spacial score (nSPS) is 13.7. The van der Waals surface area contributed by atoms with E-state index in [0.29, 0.717) is 19.3 Å². The van der Waals surface area contributed by atoms with Crippen LogP contribution in [0.15, 0.2) is 72.9 Å². The molecular formula is C70H125O11P. The summed E-state index contributed by atoms with van der Waals surface area (Å²) in [6.45, 7) is 4.62. The van der Waals surface area contributed by atoms with Crippen molar-refractivity contribution in [3.63, 3.8) is 0 Å². The van der Waals surface area contributed by atoms with Crippen LogP contribution in [0.1, 0.15) is 316 Å². The first-order valence-corrected chi connectivity index (χ1v) is 35.3. The lowest BCUT2D eigenvalue weighted by Gasteiger charge is -2.21. The molecule has 0 saturated carbocycles. The minimum Gasteiger partial charge on any atom is -0.462 e. The summed E-state index contributed by atoms with van der Waals surface area (Å²) in [5, 5.41) is 9.87. The van der Waals surface area contributed by atoms with Crippen LogP contribution in [0.2, 0.25) is 0 Å². The predicted octanol–water partition coefficient (Wildman–Crippen LogP) is 20.8. The molecule has 0 aliphatic rings. The fraction of sp³-hybridized carbons (Fsp3) is 0.786. The maximum atomic E-state index is 13.0. The highest BCUT2D eigenvalue weighted by Crippen LogP contribution is 2.43. The number of carbonyl (C=O) groups is 3. The fourth-order valence-corrected chi connectivity index (χ4v) is 10.2. The molecule has 476 valence electrons. The van der Waals surface area contributed by atoms with Crippen molar-refractivity contribution in [1.29, 1.82) is 0 Å². The highest BCUT2D eigenvalue weighted by molar-refractivity contribution is 7.47. The van der Waals surface area contributed by atoms with Gasteiger partial charge in [0.15, 0.2) is 6.10 Å². The van der Waals surface area contributed by atoms with Gasteiger partial charge < -0.3 is 24.2 Å². The van der Waals surface area contributed by atoms with E-state index in [4.69, 9.17) is 23.3 Å². The number of aliphatic hydroxyl groups is 1. The van der Waals surface area contributed by atoms with E-state index < -0.39 is 57.8 Å². The van der Waals surface area contributed by atoms with E-state index in [1.807, 2.05) is 0 Å². The Morgan fingerprint density at radius 2 is 0.598 bits per heavy atom. The standard InChI is InChI=1S/C70H125O11P/c1-4-7-10-13-16-19-22-25-28-31-33-36-38-41-44-47-50-53-56-59-68(72)77-63-67(81-70(74)61-58-55-52-49-46-43-40-37-34-32-29-26-23-20-17-14-11-8-5-2)65-79-82(75,76)78-64-66(62-71)80-69(73)60-57-54-51-48-45-42-39-35-30-27-24-21-18-15-12-9-6-3/h16-17,19-20,25-30,33,36,66-67,71H,4-15,18,21-24,31-32,34-35,37-65H2,1-3H3,(H,75,76)/b19-16-,20-17-,28-25-,29-26-,30-27-,36-33-. The topological polar surface area (TPSA) is 155 Å². The third-order valence-corrected chi connectivity index (χ3v) is 15.5. The summed E-state index contributed by atoms with van der Waals surface area (Å²) in [7, 11) is -4.76. The van der Waals surface area contributed by atoms with Gasteiger partial charge in [-0.05, 0) is 116 Å². The average molecular weight is 1170 g/mol. The van der Waals surface area contributed by atoms with Crippen LogP contribution in [-0.2, 0) is 42.2 Å². The van der Waals surface area contributed by atoms with E-state index in [1.165, 1.54) is 148 Å². The molecule has 0 radical (unpaired) electrons. The van der Waals surface area contributed by atoms with E-state index in [0.717, 1.165) is 109 Å². The van der Waals surface area contributed by atoms with Crippen LogP contribution in [-0.4, -0.2) is 66.5 Å². The van der Waals surface area contributed by atoms with Crippen molar-refractivity contribution in [2.45, 2.75) is 328 Å². The van der Waals surface area contributed by atoms with E-state index in [9.17, 15) is 28.9 Å². The van der Waals surface area contributed by atoms with E-state index in [2.05, 4.69) is 93.7 Å². The molecule has 0 aromatic carbocycles. The van der Waals surface area contributed by atoms with Crippen LogP contribution >= 0.6 is 7.82 Å². The van der Waals surface area contributed by atoms with Crippen molar-refractivity contribution in [2.24, 2.45) is 0 Å². The Morgan fingerprint density at radius 1 is 0.341 bits per heavy atom. The molecule has 12 heteroatoms. The number of ether oxygens (including phenoxy) is 3. The average Bonchev–Trinajstić information content (AvgIpc) is 3.47. The zero-order valence-electron chi connectivity index (χ0n) is 53.0. The molecule has 0 aliphatic heterocycles. The van der Waals surface area contributed by atoms with Crippen LogP contribution in [0, 0.1) is 0 Å². The van der Waals surface area contributed by atoms with Crippen molar-refractivity contribution < 1.29 is 52.2 Å². The smallest absolute Gasteiger partial charge is 0.462 e. The van der Waals surface area contributed by atoms with Gasteiger partial charge in [-0.1, -0.05) is 254 Å². The number of unbranched alkanes of at least 4 members (excludes halogenated alkanes) is 34. The molecular weight excluding hydrogens is 1050 g/mol. The van der Waals surface area contributed by atoms with Gasteiger partial charge in [0.05, 0.1) is 19.8 Å². The van der Waals surface area contributed by atoms with Gasteiger partial charge in [-0.15, -0.1) is 0 Å². The van der Waals surface area contributed by atoms with Gasteiger partial charge in [0.25, 0.3) is 0 Å². The van der Waals surface area contributed by atoms with E-state index in [-0.39, 0.29) is 25.9 Å². The summed E-state index contributed by atoms with van der Waals surface area (Å²) in [4.78, 5) is 48.9. The molecule has 0 heterocycles. The first kappa shape index (κ1) is 78.9. The molecule has 3 unspecified atom stereocenters. The van der Waals surface area contributed by atoms with Crippen LogP contribution in [0.3, 0.4) is 0 Å². The molecule has 0 bridgehead atoms. The molecule has 0 saturated heterocycles. The molecule has 0 amide bonds. The number of phosphoric ester groups is 1. The maximum Gasteiger partial charge on any atom is 0.472 e. The van der Waals surface area contributed by atoms with E-state index >= 15 is 0 Å². The number of allylic oxidation sites excluding steroid dienone is 12. The van der Waals surface area contributed by atoms with E-state index in [1.54, 1.807) is 0 Å². The Morgan fingerprint density at radius 3 is 0.951 bits per heavy atom. The first-order valence-electron chi connectivity index (χ1n) is 33.8. The van der Waals surface area contributed by atoms with Gasteiger partial charge in [0.2, 0.25) is 0 Å². The molecule has 0 aromatic heterocycles. The number of hydrogen-bond donors (Lipinski definition) is 2. The summed E-state index contributed by atoms with van der Waals surface area (Å²) >= 11 is 0. The molecule has 11 nitrogen and oxygen atoms in total. The zero-order valence-corrected chi connectivity index (χ0v) is 53.8. The van der Waals surface area contributed by atoms with Gasteiger partial charge in [-0.2, -0.15) is 0 Å². The van der Waals surface area contributed by atoms with Crippen LogP contribution in [0.4, 0.5) is 0 Å². The highest BCUT2D eigenvalue weighted by Gasteiger charge is 2.28. The minimum atomic E-state index is -4.76. The predicted molar refractivity (Wildman–Crippen MR) is 344 cm³/mol. The van der Waals surface area contributed by atoms with Crippen molar-refractivity contribution in [1.82, 2.24) is 0 Å². The highest BCUT2D eigenvalue weighted by atomic mass is 31.2. The maximum absolute atomic E-state index is 13.0. The second-order valence-corrected chi connectivity index (χ2v) is 24.1. The fourth-order valence-electron chi connectivity index (χ4n) is 9.39. The van der Waals surface area contributed by atoms with Crippen molar-refractivity contribution in [2.75, 3.05) is 26.4 Å². The van der Waals surface area contributed by atoms with Crippen LogP contribution < -0.4 is 0 Å². The van der Waals surface area contributed by atoms with Gasteiger partial charge in [0, 0.05) is 19.3 Å². The number of hydrogen-bond acceptors (Lipinski definition) is 10. The Balaban J connectivity index is 4.71. The van der Waals surface area contributed by atoms with Crippen LogP contribution in [0.5, 0.6) is 0 Å². The molecule has 0 spiro atoms. The lowest BCUT2D eigenvalue weighted by Crippen LogP contribution is -2.30. The summed E-state index contributed by atoms with van der Waals surface area (Å²) in [5.74, 6) is -1.47. The second-order valence-electron chi connectivity index (χ2n) is 22.6. The summed E-state index contributed by atoms with van der Waals surface area (Å²) < 4.78 is 39.8. The Kier molecular flexibility index (Phi) is 61.5. The number of aliphatic hydroxyl groups excluding tert-OH is 1. The number of esters is 3. The number of carbonyl (C=O) groups excluding carboxylic acids is 3. The third kappa shape index (κ3) is 61.5. The summed E-state index contributed by atoms with van der Waals surface area (Å²) in [6.07, 6.45) is 74.1. The van der Waals surface area contributed by atoms with Crippen molar-refractivity contribution in [3.8, 4) is 0 Å². The lowest BCUT2D eigenvalue weighted by atomic mass is 10.1. The third-order valence-electron chi connectivity index (χ3n) is 14.6. The molecule has 0 rings (SSSR count). The molecule has 0 aromatic rings. The number of phosphoric acid groups is 1. The number of rotatable bonds is 63. The minimum absolute atomic E-state index is 0.159. The quantitative estimate of drug-likeness (QED) is 0.0197. The monoisotopic (exact) mass is 1170 g/mol. The SMILES string of the molecule is CCCCC/C=C\C/C=C\C/C=C\CCCCCCCCC(=O)OCC(COP(=O)(O)OCC(CO)OC(=O)CCCCCCCCC/C=C\CCCCCCCC)OC(=O)CCCCCCCCCCC/C=C\C/C=C\CCCCC. The molecule has 0 aliphatic carbocycles. The Bertz CT molecular complexity index is 1650. The van der Waals surface area contributed by atoms with Crippen LogP contribution in [0.25, 0.3) is 0 Å². The summed E-state index contributed by atoms with van der Waals surface area (Å²) in [6, 6.07) is 0. The van der Waals surface area contributed by atoms with Crippen molar-refractivity contribution in [3.05, 3.63) is 72.9 Å². The largest absolute Gasteiger partial charge is 0.472 e. The van der Waals surface area contributed by atoms with Gasteiger partial charge in [-0.25, -0.2) is 4.57 Å². The zero-order chi connectivity index (χ0) is 59.8. The molecule has 2 N–H and O–H groups in total.